The highest BCUT2D eigenvalue weighted by Gasteiger charge is 2.17. The van der Waals surface area contributed by atoms with Crippen LogP contribution in [-0.2, 0) is 4.79 Å². The van der Waals surface area contributed by atoms with Crippen molar-refractivity contribution in [2.45, 2.75) is 31.9 Å². The standard InChI is InChI=1S/C11H23N3O2/c1-9(11(16)12-2)13-7-10(15)8-14-5-3-4-6-14/h9-10,13,15H,3-8H2,1-2H3,(H,12,16). The van der Waals surface area contributed by atoms with Crippen LogP contribution in [-0.4, -0.2) is 61.3 Å². The van der Waals surface area contributed by atoms with Crippen molar-refractivity contribution >= 4 is 5.91 Å². The van der Waals surface area contributed by atoms with E-state index in [1.807, 2.05) is 0 Å². The van der Waals surface area contributed by atoms with Crippen molar-refractivity contribution < 1.29 is 9.90 Å². The van der Waals surface area contributed by atoms with Gasteiger partial charge in [0.2, 0.25) is 5.91 Å². The number of β-amino-alcohol motifs (C(OH)–C–C–N with tert-alkyl or cyclic N) is 1. The van der Waals surface area contributed by atoms with Gasteiger partial charge in [0.05, 0.1) is 12.1 Å². The predicted molar refractivity (Wildman–Crippen MR) is 63.2 cm³/mol. The third-order valence-corrected chi connectivity index (χ3v) is 2.97. The number of amides is 1. The van der Waals surface area contributed by atoms with Crippen LogP contribution in [0.4, 0.5) is 0 Å². The lowest BCUT2D eigenvalue weighted by molar-refractivity contribution is -0.122. The van der Waals surface area contributed by atoms with E-state index in [-0.39, 0.29) is 11.9 Å². The van der Waals surface area contributed by atoms with E-state index in [4.69, 9.17) is 0 Å². The number of likely N-dealkylation sites (tertiary alicyclic amines) is 1. The van der Waals surface area contributed by atoms with Crippen molar-refractivity contribution in [2.24, 2.45) is 0 Å². The molecule has 0 radical (unpaired) electrons. The topological polar surface area (TPSA) is 64.6 Å². The predicted octanol–water partition coefficient (Wildman–Crippen LogP) is -0.833. The maximum Gasteiger partial charge on any atom is 0.236 e. The van der Waals surface area contributed by atoms with E-state index < -0.39 is 6.10 Å². The lowest BCUT2D eigenvalue weighted by Crippen LogP contribution is -2.45. The van der Waals surface area contributed by atoms with Crippen molar-refractivity contribution in [3.8, 4) is 0 Å². The molecule has 1 fully saturated rings. The first-order chi connectivity index (χ1) is 7.63. The number of likely N-dealkylation sites (N-methyl/N-ethyl adjacent to an activating group) is 1. The highest BCUT2D eigenvalue weighted by atomic mass is 16.3. The molecular weight excluding hydrogens is 206 g/mol. The molecule has 16 heavy (non-hydrogen) atoms. The van der Waals surface area contributed by atoms with Gasteiger partial charge < -0.3 is 20.6 Å². The second kappa shape index (κ2) is 6.83. The minimum absolute atomic E-state index is 0.0478. The van der Waals surface area contributed by atoms with Crippen molar-refractivity contribution in [1.29, 1.82) is 0 Å². The van der Waals surface area contributed by atoms with Crippen molar-refractivity contribution in [3.05, 3.63) is 0 Å². The summed E-state index contributed by atoms with van der Waals surface area (Å²) in [5.74, 6) is -0.0478. The van der Waals surface area contributed by atoms with Gasteiger partial charge in [0.25, 0.3) is 0 Å². The summed E-state index contributed by atoms with van der Waals surface area (Å²) in [4.78, 5) is 13.5. The van der Waals surface area contributed by atoms with E-state index in [0.717, 1.165) is 13.1 Å². The Morgan fingerprint density at radius 3 is 2.62 bits per heavy atom. The minimum atomic E-state index is -0.398. The molecule has 0 aliphatic carbocycles. The zero-order valence-corrected chi connectivity index (χ0v) is 10.2. The second-order valence-corrected chi connectivity index (χ2v) is 4.41. The molecule has 1 aliphatic heterocycles. The highest BCUT2D eigenvalue weighted by Crippen LogP contribution is 2.07. The Morgan fingerprint density at radius 2 is 2.06 bits per heavy atom. The molecule has 5 heteroatoms. The molecule has 1 saturated heterocycles. The van der Waals surface area contributed by atoms with Gasteiger partial charge in [0.15, 0.2) is 0 Å². The quantitative estimate of drug-likeness (QED) is 0.556. The molecule has 1 rings (SSSR count). The lowest BCUT2D eigenvalue weighted by Gasteiger charge is -2.21. The van der Waals surface area contributed by atoms with E-state index in [9.17, 15) is 9.90 Å². The molecule has 0 aromatic heterocycles. The van der Waals surface area contributed by atoms with E-state index in [0.29, 0.717) is 13.1 Å². The number of carbonyl (C=O) groups excluding carboxylic acids is 1. The van der Waals surface area contributed by atoms with Gasteiger partial charge in [-0.25, -0.2) is 0 Å². The van der Waals surface area contributed by atoms with Crippen molar-refractivity contribution in [1.82, 2.24) is 15.5 Å². The van der Waals surface area contributed by atoms with Crippen LogP contribution >= 0.6 is 0 Å². The molecule has 0 aromatic rings. The van der Waals surface area contributed by atoms with Crippen LogP contribution in [0.2, 0.25) is 0 Å². The van der Waals surface area contributed by atoms with E-state index in [2.05, 4.69) is 15.5 Å². The molecule has 1 heterocycles. The fourth-order valence-electron chi connectivity index (χ4n) is 1.95. The number of nitrogens with one attached hydrogen (secondary N) is 2. The molecule has 3 N–H and O–H groups in total. The zero-order chi connectivity index (χ0) is 12.0. The van der Waals surface area contributed by atoms with Gasteiger partial charge in [-0.05, 0) is 32.9 Å². The lowest BCUT2D eigenvalue weighted by atomic mass is 10.2. The number of hydrogen-bond acceptors (Lipinski definition) is 4. The third kappa shape index (κ3) is 4.47. The maximum absolute atomic E-state index is 11.2. The number of hydrogen-bond donors (Lipinski definition) is 3. The molecule has 94 valence electrons. The van der Waals surface area contributed by atoms with Crippen molar-refractivity contribution in [3.63, 3.8) is 0 Å². The van der Waals surface area contributed by atoms with Crippen LogP contribution in [0, 0.1) is 0 Å². The average Bonchev–Trinajstić information content (AvgIpc) is 2.77. The second-order valence-electron chi connectivity index (χ2n) is 4.41. The van der Waals surface area contributed by atoms with Crippen LogP contribution in [0.25, 0.3) is 0 Å². The van der Waals surface area contributed by atoms with Gasteiger partial charge in [-0.15, -0.1) is 0 Å². The van der Waals surface area contributed by atoms with Crippen LogP contribution in [0.15, 0.2) is 0 Å². The summed E-state index contributed by atoms with van der Waals surface area (Å²) in [6, 6.07) is -0.252. The number of nitrogens with zero attached hydrogens (tertiary/aromatic N) is 1. The molecule has 0 spiro atoms. The third-order valence-electron chi connectivity index (χ3n) is 2.97. The summed E-state index contributed by atoms with van der Waals surface area (Å²) >= 11 is 0. The van der Waals surface area contributed by atoms with Gasteiger partial charge in [0.1, 0.15) is 0 Å². The van der Waals surface area contributed by atoms with Gasteiger partial charge >= 0.3 is 0 Å². The van der Waals surface area contributed by atoms with Crippen LogP contribution in [0.5, 0.6) is 0 Å². The molecule has 0 aromatic carbocycles. The first-order valence-corrected chi connectivity index (χ1v) is 5.99. The molecule has 0 bridgehead atoms. The largest absolute Gasteiger partial charge is 0.390 e. The van der Waals surface area contributed by atoms with Gasteiger partial charge in [-0.3, -0.25) is 4.79 Å². The smallest absolute Gasteiger partial charge is 0.236 e. The summed E-state index contributed by atoms with van der Waals surface area (Å²) in [5.41, 5.74) is 0. The van der Waals surface area contributed by atoms with Crippen LogP contribution in [0.1, 0.15) is 19.8 Å². The van der Waals surface area contributed by atoms with Crippen molar-refractivity contribution in [2.75, 3.05) is 33.2 Å². The highest BCUT2D eigenvalue weighted by molar-refractivity contribution is 5.80. The summed E-state index contributed by atoms with van der Waals surface area (Å²) in [5, 5.41) is 15.4. The number of aliphatic hydroxyl groups is 1. The summed E-state index contributed by atoms with van der Waals surface area (Å²) in [7, 11) is 1.61. The average molecular weight is 229 g/mol. The number of rotatable bonds is 6. The Bertz CT molecular complexity index is 217. The normalized spacial score (nSPS) is 20.7. The molecule has 1 amide bonds. The Morgan fingerprint density at radius 1 is 1.44 bits per heavy atom. The summed E-state index contributed by atoms with van der Waals surface area (Å²) in [6.45, 7) is 5.13. The Hall–Kier alpha value is -0.650. The van der Waals surface area contributed by atoms with Gasteiger partial charge in [0, 0.05) is 20.1 Å². The van der Waals surface area contributed by atoms with Crippen LogP contribution in [0.3, 0.4) is 0 Å². The van der Waals surface area contributed by atoms with E-state index in [1.165, 1.54) is 12.8 Å². The Labute approximate surface area is 97.2 Å². The monoisotopic (exact) mass is 229 g/mol. The Balaban J connectivity index is 2.13. The maximum atomic E-state index is 11.2. The molecule has 1 aliphatic rings. The van der Waals surface area contributed by atoms with Crippen LogP contribution < -0.4 is 10.6 Å². The first kappa shape index (κ1) is 13.4. The fourth-order valence-corrected chi connectivity index (χ4v) is 1.95. The minimum Gasteiger partial charge on any atom is -0.390 e. The fraction of sp³-hybridized carbons (Fsp3) is 0.909. The first-order valence-electron chi connectivity index (χ1n) is 5.99. The zero-order valence-electron chi connectivity index (χ0n) is 10.2. The molecular formula is C11H23N3O2. The van der Waals surface area contributed by atoms with Gasteiger partial charge in [-0.1, -0.05) is 0 Å². The summed E-state index contributed by atoms with van der Waals surface area (Å²) < 4.78 is 0. The molecule has 5 nitrogen and oxygen atoms in total. The Kier molecular flexibility index (Phi) is 5.73. The van der Waals surface area contributed by atoms with E-state index >= 15 is 0 Å². The molecule has 0 saturated carbocycles. The summed E-state index contributed by atoms with van der Waals surface area (Å²) in [6.07, 6.45) is 2.06. The van der Waals surface area contributed by atoms with Gasteiger partial charge in [-0.2, -0.15) is 0 Å². The van der Waals surface area contributed by atoms with E-state index in [1.54, 1.807) is 14.0 Å². The number of aliphatic hydroxyl groups excluding tert-OH is 1. The SMILES string of the molecule is CNC(=O)C(C)NCC(O)CN1CCCC1. The number of carbonyl (C=O) groups is 1. The molecule has 2 atom stereocenters. The molecule has 2 unspecified atom stereocenters.